The minimum absolute atomic E-state index is 0.723. The summed E-state index contributed by atoms with van der Waals surface area (Å²) in [6.45, 7) is 8.83. The number of piperidine rings is 1. The van der Waals surface area contributed by atoms with Crippen molar-refractivity contribution in [2.45, 2.75) is 26.7 Å². The molecular formula is C15H23N5. The summed E-state index contributed by atoms with van der Waals surface area (Å²) in [4.78, 5) is 6.99. The Bertz CT molecular complexity index is 569. The Labute approximate surface area is 120 Å². The molecule has 1 N–H and O–H groups in total. The van der Waals surface area contributed by atoms with E-state index in [9.17, 15) is 0 Å². The van der Waals surface area contributed by atoms with E-state index in [2.05, 4.69) is 40.2 Å². The molecule has 3 rings (SSSR count). The number of likely N-dealkylation sites (tertiary alicyclic amines) is 1. The number of nitrogens with zero attached hydrogens (tertiary/aromatic N) is 4. The van der Waals surface area contributed by atoms with Gasteiger partial charge in [-0.2, -0.15) is 4.98 Å². The van der Waals surface area contributed by atoms with E-state index in [0.717, 1.165) is 30.6 Å². The van der Waals surface area contributed by atoms with Gasteiger partial charge in [0.1, 0.15) is 0 Å². The van der Waals surface area contributed by atoms with Crippen molar-refractivity contribution in [1.82, 2.24) is 19.5 Å². The quantitative estimate of drug-likeness (QED) is 0.927. The first kappa shape index (κ1) is 13.4. The summed E-state index contributed by atoms with van der Waals surface area (Å²) in [5.41, 5.74) is 2.08. The number of aromatic nitrogens is 3. The van der Waals surface area contributed by atoms with Gasteiger partial charge in [0.05, 0.1) is 0 Å². The first-order chi connectivity index (χ1) is 9.70. The Kier molecular flexibility index (Phi) is 3.87. The molecule has 0 saturated carbocycles. The van der Waals surface area contributed by atoms with Gasteiger partial charge in [-0.3, -0.25) is 0 Å². The fraction of sp³-hybridized carbons (Fsp3) is 0.600. The van der Waals surface area contributed by atoms with Gasteiger partial charge in [0.2, 0.25) is 5.95 Å². The summed E-state index contributed by atoms with van der Waals surface area (Å²) in [5, 5.41) is 7.77. The predicted octanol–water partition coefficient (Wildman–Crippen LogP) is 2.18. The topological polar surface area (TPSA) is 45.5 Å². The standard InChI is InChI=1S/C15H23N5/c1-12-5-8-19(9-6-12)10-7-16-15-17-14-4-3-13(2)11-20(14)18-15/h3-4,11-12H,5-10H2,1-2H3,(H,16,18). The number of anilines is 1. The highest BCUT2D eigenvalue weighted by Crippen LogP contribution is 2.15. The number of aryl methyl sites for hydroxylation is 1. The summed E-state index contributed by atoms with van der Waals surface area (Å²) in [7, 11) is 0. The first-order valence-electron chi connectivity index (χ1n) is 7.50. The number of fused-ring (bicyclic) bond motifs is 1. The highest BCUT2D eigenvalue weighted by Gasteiger charge is 2.15. The molecule has 1 aliphatic heterocycles. The Morgan fingerprint density at radius 2 is 2.10 bits per heavy atom. The van der Waals surface area contributed by atoms with Gasteiger partial charge in [0.15, 0.2) is 5.65 Å². The summed E-state index contributed by atoms with van der Waals surface area (Å²) in [6.07, 6.45) is 4.65. The molecule has 0 unspecified atom stereocenters. The summed E-state index contributed by atoms with van der Waals surface area (Å²) >= 11 is 0. The zero-order chi connectivity index (χ0) is 13.9. The molecular weight excluding hydrogens is 250 g/mol. The highest BCUT2D eigenvalue weighted by molar-refractivity contribution is 5.44. The molecule has 5 nitrogen and oxygen atoms in total. The molecule has 1 saturated heterocycles. The number of hydrogen-bond donors (Lipinski definition) is 1. The average molecular weight is 273 g/mol. The van der Waals surface area contributed by atoms with Gasteiger partial charge in [-0.15, -0.1) is 5.10 Å². The number of nitrogens with one attached hydrogen (secondary N) is 1. The third-order valence-electron chi connectivity index (χ3n) is 4.07. The lowest BCUT2D eigenvalue weighted by Crippen LogP contribution is -2.36. The molecule has 1 fully saturated rings. The molecule has 0 aliphatic carbocycles. The minimum atomic E-state index is 0.723. The SMILES string of the molecule is Cc1ccc2nc(NCCN3CCC(C)CC3)nn2c1. The van der Waals surface area contributed by atoms with Crippen molar-refractivity contribution in [3.63, 3.8) is 0 Å². The van der Waals surface area contributed by atoms with Gasteiger partial charge >= 0.3 is 0 Å². The Morgan fingerprint density at radius 3 is 2.90 bits per heavy atom. The van der Waals surface area contributed by atoms with Crippen LogP contribution in [0.25, 0.3) is 5.65 Å². The van der Waals surface area contributed by atoms with Crippen molar-refractivity contribution < 1.29 is 0 Å². The molecule has 20 heavy (non-hydrogen) atoms. The maximum absolute atomic E-state index is 4.47. The van der Waals surface area contributed by atoms with Crippen LogP contribution in [0.1, 0.15) is 25.3 Å². The van der Waals surface area contributed by atoms with E-state index in [1.54, 1.807) is 0 Å². The van der Waals surface area contributed by atoms with E-state index in [0.29, 0.717) is 0 Å². The second-order valence-electron chi connectivity index (χ2n) is 5.90. The van der Waals surface area contributed by atoms with Crippen molar-refractivity contribution in [3.05, 3.63) is 23.9 Å². The minimum Gasteiger partial charge on any atom is -0.352 e. The maximum atomic E-state index is 4.47. The Balaban J connectivity index is 1.52. The van der Waals surface area contributed by atoms with Crippen LogP contribution in [0.3, 0.4) is 0 Å². The zero-order valence-electron chi connectivity index (χ0n) is 12.3. The normalized spacial score (nSPS) is 17.7. The lowest BCUT2D eigenvalue weighted by Gasteiger charge is -2.29. The predicted molar refractivity (Wildman–Crippen MR) is 81.1 cm³/mol. The van der Waals surface area contributed by atoms with Crippen molar-refractivity contribution >= 4 is 11.6 Å². The van der Waals surface area contributed by atoms with E-state index < -0.39 is 0 Å². The van der Waals surface area contributed by atoms with Gasteiger partial charge < -0.3 is 10.2 Å². The third kappa shape index (κ3) is 3.10. The molecule has 108 valence electrons. The smallest absolute Gasteiger partial charge is 0.243 e. The van der Waals surface area contributed by atoms with Gasteiger partial charge in [0, 0.05) is 19.3 Å². The molecule has 3 heterocycles. The van der Waals surface area contributed by atoms with E-state index in [1.165, 1.54) is 31.5 Å². The van der Waals surface area contributed by atoms with Gasteiger partial charge in [-0.25, -0.2) is 4.52 Å². The lowest BCUT2D eigenvalue weighted by atomic mass is 9.99. The van der Waals surface area contributed by atoms with Crippen LogP contribution in [0.2, 0.25) is 0 Å². The highest BCUT2D eigenvalue weighted by atomic mass is 15.3. The number of hydrogen-bond acceptors (Lipinski definition) is 4. The molecule has 0 bridgehead atoms. The molecule has 0 spiro atoms. The lowest BCUT2D eigenvalue weighted by molar-refractivity contribution is 0.199. The Hall–Kier alpha value is -1.62. The van der Waals surface area contributed by atoms with Crippen LogP contribution >= 0.6 is 0 Å². The second kappa shape index (κ2) is 5.79. The molecule has 0 radical (unpaired) electrons. The van der Waals surface area contributed by atoms with Crippen LogP contribution in [0.15, 0.2) is 18.3 Å². The van der Waals surface area contributed by atoms with E-state index in [-0.39, 0.29) is 0 Å². The molecule has 0 amide bonds. The van der Waals surface area contributed by atoms with Crippen molar-refractivity contribution in [2.24, 2.45) is 5.92 Å². The second-order valence-corrected chi connectivity index (χ2v) is 5.90. The van der Waals surface area contributed by atoms with Crippen molar-refractivity contribution in [1.29, 1.82) is 0 Å². The maximum Gasteiger partial charge on any atom is 0.243 e. The third-order valence-corrected chi connectivity index (χ3v) is 4.07. The van der Waals surface area contributed by atoms with Crippen LogP contribution in [-0.4, -0.2) is 45.7 Å². The van der Waals surface area contributed by atoms with Crippen LogP contribution in [0, 0.1) is 12.8 Å². The van der Waals surface area contributed by atoms with Crippen LogP contribution in [0.4, 0.5) is 5.95 Å². The van der Waals surface area contributed by atoms with Gasteiger partial charge in [-0.1, -0.05) is 13.0 Å². The molecule has 5 heteroatoms. The molecule has 0 atom stereocenters. The van der Waals surface area contributed by atoms with E-state index in [4.69, 9.17) is 0 Å². The number of rotatable bonds is 4. The molecule has 2 aromatic heterocycles. The van der Waals surface area contributed by atoms with E-state index in [1.807, 2.05) is 16.8 Å². The Morgan fingerprint density at radius 1 is 1.30 bits per heavy atom. The summed E-state index contributed by atoms with van der Waals surface area (Å²) in [5.74, 6) is 1.61. The largest absolute Gasteiger partial charge is 0.352 e. The summed E-state index contributed by atoms with van der Waals surface area (Å²) in [6, 6.07) is 4.06. The average Bonchev–Trinajstić information content (AvgIpc) is 2.83. The zero-order valence-corrected chi connectivity index (χ0v) is 12.3. The van der Waals surface area contributed by atoms with Crippen LogP contribution in [0.5, 0.6) is 0 Å². The van der Waals surface area contributed by atoms with Gasteiger partial charge in [-0.05, 0) is 50.4 Å². The summed E-state index contributed by atoms with van der Waals surface area (Å²) < 4.78 is 1.83. The van der Waals surface area contributed by atoms with Crippen LogP contribution in [-0.2, 0) is 0 Å². The molecule has 2 aromatic rings. The fourth-order valence-electron chi connectivity index (χ4n) is 2.67. The van der Waals surface area contributed by atoms with Crippen molar-refractivity contribution in [3.8, 4) is 0 Å². The van der Waals surface area contributed by atoms with Crippen LogP contribution < -0.4 is 5.32 Å². The van der Waals surface area contributed by atoms with Gasteiger partial charge in [0.25, 0.3) is 0 Å². The first-order valence-corrected chi connectivity index (χ1v) is 7.50. The van der Waals surface area contributed by atoms with Crippen molar-refractivity contribution in [2.75, 3.05) is 31.5 Å². The molecule has 0 aromatic carbocycles. The molecule has 1 aliphatic rings. The fourth-order valence-corrected chi connectivity index (χ4v) is 2.67. The monoisotopic (exact) mass is 273 g/mol. The number of pyridine rings is 1. The van der Waals surface area contributed by atoms with E-state index >= 15 is 0 Å².